The van der Waals surface area contributed by atoms with Crippen molar-refractivity contribution in [3.05, 3.63) is 59.7 Å². The molecular formula is C15H12N4O. The average Bonchev–Trinajstić information content (AvgIpc) is 2.86. The zero-order chi connectivity index (χ0) is 13.9. The minimum absolute atomic E-state index is 0.0189. The highest BCUT2D eigenvalue weighted by Crippen LogP contribution is 2.20. The van der Waals surface area contributed by atoms with Gasteiger partial charge in [0.1, 0.15) is 17.4 Å². The molecule has 1 N–H and O–H groups in total. The Balaban J connectivity index is 2.04. The third kappa shape index (κ3) is 2.13. The molecule has 0 amide bonds. The van der Waals surface area contributed by atoms with E-state index in [0.29, 0.717) is 12.2 Å². The van der Waals surface area contributed by atoms with Crippen LogP contribution in [0.15, 0.2) is 42.9 Å². The number of pyridine rings is 2. The SMILES string of the molecule is N#Cc1cc(Cn2cc(CO)c3cccnc32)ccn1. The predicted octanol–water partition coefficient (Wildman–Crippen LogP) is 1.84. The number of hydrogen-bond donors (Lipinski definition) is 1. The van der Waals surface area contributed by atoms with Gasteiger partial charge in [-0.2, -0.15) is 5.26 Å². The Bertz CT molecular complexity index is 801. The van der Waals surface area contributed by atoms with E-state index in [1.165, 1.54) is 0 Å². The van der Waals surface area contributed by atoms with Gasteiger partial charge in [-0.3, -0.25) is 0 Å². The van der Waals surface area contributed by atoms with Crippen LogP contribution in [0.25, 0.3) is 11.0 Å². The number of aromatic nitrogens is 3. The molecule has 0 aromatic carbocycles. The maximum absolute atomic E-state index is 9.40. The van der Waals surface area contributed by atoms with Crippen LogP contribution in [0, 0.1) is 11.3 Å². The lowest BCUT2D eigenvalue weighted by molar-refractivity contribution is 0.283. The number of nitriles is 1. The second-order valence-corrected chi connectivity index (χ2v) is 4.48. The summed E-state index contributed by atoms with van der Waals surface area (Å²) in [5, 5.41) is 19.2. The molecule has 0 aliphatic carbocycles. The second kappa shape index (κ2) is 5.11. The van der Waals surface area contributed by atoms with Crippen LogP contribution in [-0.2, 0) is 13.2 Å². The van der Waals surface area contributed by atoms with Crippen LogP contribution in [0.1, 0.15) is 16.8 Å². The lowest BCUT2D eigenvalue weighted by atomic mass is 10.2. The van der Waals surface area contributed by atoms with Gasteiger partial charge in [0, 0.05) is 36.1 Å². The van der Waals surface area contributed by atoms with E-state index in [-0.39, 0.29) is 6.61 Å². The Morgan fingerprint density at radius 3 is 2.95 bits per heavy atom. The van der Waals surface area contributed by atoms with Gasteiger partial charge >= 0.3 is 0 Å². The van der Waals surface area contributed by atoms with Crippen LogP contribution in [0.4, 0.5) is 0 Å². The molecule has 0 fully saturated rings. The Morgan fingerprint density at radius 2 is 2.15 bits per heavy atom. The molecule has 0 atom stereocenters. The first kappa shape index (κ1) is 12.3. The van der Waals surface area contributed by atoms with Crippen molar-refractivity contribution in [1.82, 2.24) is 14.5 Å². The Kier molecular flexibility index (Phi) is 3.15. The molecular weight excluding hydrogens is 252 g/mol. The molecule has 5 heteroatoms. The minimum Gasteiger partial charge on any atom is -0.392 e. The quantitative estimate of drug-likeness (QED) is 0.783. The van der Waals surface area contributed by atoms with Gasteiger partial charge in [0.2, 0.25) is 0 Å². The molecule has 3 heterocycles. The minimum atomic E-state index is -0.0189. The summed E-state index contributed by atoms with van der Waals surface area (Å²) < 4.78 is 1.97. The molecule has 5 nitrogen and oxygen atoms in total. The summed E-state index contributed by atoms with van der Waals surface area (Å²) >= 11 is 0. The van der Waals surface area contributed by atoms with E-state index in [2.05, 4.69) is 9.97 Å². The zero-order valence-electron chi connectivity index (χ0n) is 10.7. The normalized spacial score (nSPS) is 10.6. The van der Waals surface area contributed by atoms with Gasteiger partial charge in [0.05, 0.1) is 6.61 Å². The molecule has 0 aliphatic rings. The molecule has 0 radical (unpaired) electrons. The van der Waals surface area contributed by atoms with Crippen molar-refractivity contribution in [3.8, 4) is 6.07 Å². The fraction of sp³-hybridized carbons (Fsp3) is 0.133. The molecule has 20 heavy (non-hydrogen) atoms. The first-order chi connectivity index (χ1) is 9.81. The summed E-state index contributed by atoms with van der Waals surface area (Å²) in [7, 11) is 0. The summed E-state index contributed by atoms with van der Waals surface area (Å²) in [6, 6.07) is 9.45. The summed E-state index contributed by atoms with van der Waals surface area (Å²) in [4.78, 5) is 8.32. The van der Waals surface area contributed by atoms with Gasteiger partial charge in [-0.1, -0.05) is 0 Å². The van der Waals surface area contributed by atoms with E-state index in [4.69, 9.17) is 5.26 Å². The highest BCUT2D eigenvalue weighted by molar-refractivity contribution is 5.80. The highest BCUT2D eigenvalue weighted by Gasteiger charge is 2.09. The summed E-state index contributed by atoms with van der Waals surface area (Å²) in [5.74, 6) is 0. The van der Waals surface area contributed by atoms with Crippen molar-refractivity contribution in [2.45, 2.75) is 13.2 Å². The van der Waals surface area contributed by atoms with Crippen LogP contribution in [0.3, 0.4) is 0 Å². The first-order valence-electron chi connectivity index (χ1n) is 6.20. The largest absolute Gasteiger partial charge is 0.392 e. The number of nitrogens with zero attached hydrogens (tertiary/aromatic N) is 4. The molecule has 0 saturated heterocycles. The second-order valence-electron chi connectivity index (χ2n) is 4.48. The monoisotopic (exact) mass is 264 g/mol. The van der Waals surface area contributed by atoms with Crippen LogP contribution in [-0.4, -0.2) is 19.6 Å². The number of aliphatic hydroxyl groups is 1. The molecule has 98 valence electrons. The Hall–Kier alpha value is -2.71. The molecule has 3 rings (SSSR count). The van der Waals surface area contributed by atoms with E-state index >= 15 is 0 Å². The lowest BCUT2D eigenvalue weighted by Gasteiger charge is -2.04. The van der Waals surface area contributed by atoms with Gasteiger partial charge in [-0.05, 0) is 29.8 Å². The molecule has 3 aromatic rings. The van der Waals surface area contributed by atoms with E-state index in [0.717, 1.165) is 22.2 Å². The Labute approximate surface area is 115 Å². The lowest BCUT2D eigenvalue weighted by Crippen LogP contribution is -2.00. The van der Waals surface area contributed by atoms with E-state index < -0.39 is 0 Å². The summed E-state index contributed by atoms with van der Waals surface area (Å²) in [6.07, 6.45) is 5.25. The number of rotatable bonds is 3. The van der Waals surface area contributed by atoms with Crippen LogP contribution >= 0.6 is 0 Å². The Morgan fingerprint density at radius 1 is 1.25 bits per heavy atom. The molecule has 0 bridgehead atoms. The standard InChI is InChI=1S/C15H12N4O/c16-7-13-6-11(3-5-17-13)8-19-9-12(10-20)14-2-1-4-18-15(14)19/h1-6,9,20H,8,10H2. The van der Waals surface area contributed by atoms with Crippen molar-refractivity contribution >= 4 is 11.0 Å². The van der Waals surface area contributed by atoms with E-state index in [1.807, 2.05) is 35.0 Å². The topological polar surface area (TPSA) is 74.7 Å². The maximum Gasteiger partial charge on any atom is 0.140 e. The summed E-state index contributed by atoms with van der Waals surface area (Å²) in [5.41, 5.74) is 3.05. The smallest absolute Gasteiger partial charge is 0.140 e. The van der Waals surface area contributed by atoms with Gasteiger partial charge in [0.25, 0.3) is 0 Å². The molecule has 3 aromatic heterocycles. The van der Waals surface area contributed by atoms with Gasteiger partial charge in [-0.25, -0.2) is 9.97 Å². The zero-order valence-corrected chi connectivity index (χ0v) is 10.7. The fourth-order valence-electron chi connectivity index (χ4n) is 2.27. The van der Waals surface area contributed by atoms with Crippen LogP contribution in [0.5, 0.6) is 0 Å². The fourth-order valence-corrected chi connectivity index (χ4v) is 2.27. The van der Waals surface area contributed by atoms with Crippen molar-refractivity contribution in [2.24, 2.45) is 0 Å². The number of fused-ring (bicyclic) bond motifs is 1. The first-order valence-corrected chi connectivity index (χ1v) is 6.20. The van der Waals surface area contributed by atoms with E-state index in [9.17, 15) is 5.11 Å². The van der Waals surface area contributed by atoms with Crippen LogP contribution in [0.2, 0.25) is 0 Å². The van der Waals surface area contributed by atoms with Crippen molar-refractivity contribution in [3.63, 3.8) is 0 Å². The van der Waals surface area contributed by atoms with Gasteiger partial charge in [0.15, 0.2) is 0 Å². The van der Waals surface area contributed by atoms with E-state index in [1.54, 1.807) is 18.5 Å². The maximum atomic E-state index is 9.40. The molecule has 0 saturated carbocycles. The van der Waals surface area contributed by atoms with Gasteiger partial charge < -0.3 is 9.67 Å². The predicted molar refractivity (Wildman–Crippen MR) is 73.7 cm³/mol. The van der Waals surface area contributed by atoms with Gasteiger partial charge in [-0.15, -0.1) is 0 Å². The van der Waals surface area contributed by atoms with Crippen molar-refractivity contribution < 1.29 is 5.11 Å². The molecule has 0 unspecified atom stereocenters. The number of aliphatic hydroxyl groups excluding tert-OH is 1. The highest BCUT2D eigenvalue weighted by atomic mass is 16.3. The van der Waals surface area contributed by atoms with Crippen molar-refractivity contribution in [1.29, 1.82) is 5.26 Å². The third-order valence-electron chi connectivity index (χ3n) is 3.18. The third-order valence-corrected chi connectivity index (χ3v) is 3.18. The van der Waals surface area contributed by atoms with Crippen LogP contribution < -0.4 is 0 Å². The van der Waals surface area contributed by atoms with Crippen molar-refractivity contribution in [2.75, 3.05) is 0 Å². The average molecular weight is 264 g/mol. The molecule has 0 spiro atoms. The summed E-state index contributed by atoms with van der Waals surface area (Å²) in [6.45, 7) is 0.569. The number of hydrogen-bond acceptors (Lipinski definition) is 4. The molecule has 0 aliphatic heterocycles.